The summed E-state index contributed by atoms with van der Waals surface area (Å²) in [5.41, 5.74) is 2.45. The first-order chi connectivity index (χ1) is 13.7. The van der Waals surface area contributed by atoms with Crippen LogP contribution in [0.2, 0.25) is 0 Å². The van der Waals surface area contributed by atoms with Crippen LogP contribution in [-0.4, -0.2) is 27.0 Å². The molecule has 1 aliphatic heterocycles. The van der Waals surface area contributed by atoms with E-state index in [9.17, 15) is 9.59 Å². The first-order valence-electron chi connectivity index (χ1n) is 8.70. The molecule has 136 valence electrons. The maximum atomic E-state index is 13.1. The Hall–Kier alpha value is -3.58. The van der Waals surface area contributed by atoms with E-state index in [1.54, 1.807) is 11.0 Å². The first-order valence-corrected chi connectivity index (χ1v) is 9.52. The molecule has 0 spiro atoms. The largest absolute Gasteiger partial charge is 0.304 e. The molecule has 0 unspecified atom stereocenters. The molecule has 2 aromatic heterocycles. The van der Waals surface area contributed by atoms with Crippen LogP contribution in [-0.2, 0) is 4.79 Å². The highest BCUT2D eigenvalue weighted by molar-refractivity contribution is 7.15. The van der Waals surface area contributed by atoms with Crippen molar-refractivity contribution >= 4 is 33.5 Å². The van der Waals surface area contributed by atoms with Gasteiger partial charge in [0, 0.05) is 17.7 Å². The third-order valence-electron chi connectivity index (χ3n) is 4.65. The molecular weight excluding hydrogens is 372 g/mol. The molecule has 6 nitrogen and oxygen atoms in total. The fourth-order valence-electron chi connectivity index (χ4n) is 3.40. The average Bonchev–Trinajstić information content (AvgIpc) is 3.35. The van der Waals surface area contributed by atoms with E-state index in [2.05, 4.69) is 16.7 Å². The summed E-state index contributed by atoms with van der Waals surface area (Å²) in [6.07, 6.45) is 1.67. The Morgan fingerprint density at radius 3 is 2.54 bits per heavy atom. The van der Waals surface area contributed by atoms with Crippen LogP contribution >= 0.6 is 11.3 Å². The fraction of sp³-hybridized carbons (Fsp3) is 0.0476. The van der Waals surface area contributed by atoms with Crippen molar-refractivity contribution in [2.45, 2.75) is 0 Å². The van der Waals surface area contributed by atoms with Crippen molar-refractivity contribution in [3.63, 3.8) is 0 Å². The lowest BCUT2D eigenvalue weighted by atomic mass is 10.1. The predicted molar refractivity (Wildman–Crippen MR) is 109 cm³/mol. The van der Waals surface area contributed by atoms with E-state index in [4.69, 9.17) is 0 Å². The van der Waals surface area contributed by atoms with Gasteiger partial charge >= 0.3 is 0 Å². The van der Waals surface area contributed by atoms with Crippen molar-refractivity contribution in [1.29, 1.82) is 0 Å². The number of carbonyl (C=O) groups excluding carboxylic acids is 1. The fourth-order valence-corrected chi connectivity index (χ4v) is 4.40. The lowest BCUT2D eigenvalue weighted by molar-refractivity contribution is -0.112. The van der Waals surface area contributed by atoms with Crippen LogP contribution in [0.3, 0.4) is 0 Å². The van der Waals surface area contributed by atoms with Gasteiger partial charge in [-0.1, -0.05) is 65.9 Å². The molecule has 0 radical (unpaired) electrons. The molecule has 1 amide bonds. The molecule has 2 aromatic carbocycles. The number of rotatable bonds is 3. The Kier molecular flexibility index (Phi) is 3.70. The highest BCUT2D eigenvalue weighted by Crippen LogP contribution is 2.35. The maximum absolute atomic E-state index is 13.1. The summed E-state index contributed by atoms with van der Waals surface area (Å²) in [4.78, 5) is 32.7. The lowest BCUT2D eigenvalue weighted by Crippen LogP contribution is -2.32. The van der Waals surface area contributed by atoms with E-state index in [1.807, 2.05) is 54.6 Å². The van der Waals surface area contributed by atoms with Crippen LogP contribution < -0.4 is 15.0 Å². The summed E-state index contributed by atoms with van der Waals surface area (Å²) < 4.78 is 1.64. The van der Waals surface area contributed by atoms with Crippen LogP contribution in [0.15, 0.2) is 72.0 Å². The maximum Gasteiger partial charge on any atom is 0.291 e. The third-order valence-corrected chi connectivity index (χ3v) is 5.68. The van der Waals surface area contributed by atoms with Crippen molar-refractivity contribution in [2.24, 2.45) is 0 Å². The van der Waals surface area contributed by atoms with Gasteiger partial charge in [-0.15, -0.1) is 11.7 Å². The minimum Gasteiger partial charge on any atom is -0.304 e. The lowest BCUT2D eigenvalue weighted by Gasteiger charge is -2.13. The van der Waals surface area contributed by atoms with Crippen molar-refractivity contribution in [3.05, 3.63) is 87.7 Å². The molecule has 0 aliphatic carbocycles. The highest BCUT2D eigenvalue weighted by atomic mass is 32.1. The van der Waals surface area contributed by atoms with Gasteiger partial charge in [0.1, 0.15) is 4.53 Å². The van der Waals surface area contributed by atoms with Gasteiger partial charge in [-0.25, -0.2) is 0 Å². The smallest absolute Gasteiger partial charge is 0.291 e. The number of para-hydroxylation sites is 1. The van der Waals surface area contributed by atoms with E-state index in [1.165, 1.54) is 15.9 Å². The molecule has 28 heavy (non-hydrogen) atoms. The topological polar surface area (TPSA) is 67.6 Å². The van der Waals surface area contributed by atoms with Crippen molar-refractivity contribution in [2.75, 3.05) is 11.4 Å². The number of aromatic nitrogens is 3. The molecule has 0 fully saturated rings. The molecular formula is C21H14N4O2S. The zero-order valence-corrected chi connectivity index (χ0v) is 15.5. The van der Waals surface area contributed by atoms with Crippen LogP contribution in [0.4, 0.5) is 5.69 Å². The molecule has 5 rings (SSSR count). The van der Waals surface area contributed by atoms with Gasteiger partial charge in [-0.3, -0.25) is 9.59 Å². The van der Waals surface area contributed by atoms with Gasteiger partial charge in [0.15, 0.2) is 5.82 Å². The van der Waals surface area contributed by atoms with Gasteiger partial charge in [-0.2, -0.15) is 9.50 Å². The Morgan fingerprint density at radius 2 is 1.79 bits per heavy atom. The first kappa shape index (κ1) is 16.6. The number of carbonyl (C=O) groups is 1. The number of fused-ring (bicyclic) bond motifs is 2. The number of hydrogen-bond donors (Lipinski definition) is 0. The molecule has 0 bridgehead atoms. The zero-order chi connectivity index (χ0) is 19.3. The van der Waals surface area contributed by atoms with Crippen LogP contribution in [0, 0.1) is 0 Å². The second kappa shape index (κ2) is 6.24. The number of amides is 1. The number of thiazole rings is 1. The minimum atomic E-state index is -0.326. The molecule has 0 saturated heterocycles. The van der Waals surface area contributed by atoms with Crippen molar-refractivity contribution in [1.82, 2.24) is 14.6 Å². The van der Waals surface area contributed by atoms with Gasteiger partial charge in [-0.05, 0) is 6.07 Å². The molecule has 0 atom stereocenters. The number of nitrogens with zero attached hydrogens (tertiary/aromatic N) is 4. The van der Waals surface area contributed by atoms with Gasteiger partial charge in [0.2, 0.25) is 4.96 Å². The minimum absolute atomic E-state index is 0.203. The Morgan fingerprint density at radius 1 is 1.04 bits per heavy atom. The van der Waals surface area contributed by atoms with Gasteiger partial charge < -0.3 is 4.90 Å². The summed E-state index contributed by atoms with van der Waals surface area (Å²) in [6.45, 7) is 4.11. The molecule has 3 heterocycles. The number of hydrogen-bond acceptors (Lipinski definition) is 5. The van der Waals surface area contributed by atoms with E-state index >= 15 is 0 Å². The number of benzene rings is 2. The van der Waals surface area contributed by atoms with Crippen LogP contribution in [0.25, 0.3) is 21.9 Å². The molecule has 0 N–H and O–H groups in total. The van der Waals surface area contributed by atoms with Crippen LogP contribution in [0.1, 0.15) is 5.56 Å². The molecule has 1 aliphatic rings. The summed E-state index contributed by atoms with van der Waals surface area (Å²) >= 11 is 1.19. The second-order valence-electron chi connectivity index (χ2n) is 6.33. The normalized spacial score (nSPS) is 15.3. The van der Waals surface area contributed by atoms with Gasteiger partial charge in [0.25, 0.3) is 11.5 Å². The summed E-state index contributed by atoms with van der Waals surface area (Å²) in [6, 6.07) is 16.9. The monoisotopic (exact) mass is 386 g/mol. The van der Waals surface area contributed by atoms with Crippen molar-refractivity contribution in [3.8, 4) is 11.4 Å². The Balaban J connectivity index is 1.75. The SMILES string of the molecule is C=CCN1C(=O)C(=c2sc3nc(-c4ccccc4)nn3c2=O)c2ccccc21. The predicted octanol–water partition coefficient (Wildman–Crippen LogP) is 2.27. The summed E-state index contributed by atoms with van der Waals surface area (Å²) in [7, 11) is 0. The zero-order valence-electron chi connectivity index (χ0n) is 14.7. The van der Waals surface area contributed by atoms with Crippen LogP contribution in [0.5, 0.6) is 0 Å². The molecule has 7 heteroatoms. The van der Waals surface area contributed by atoms with E-state index in [-0.39, 0.29) is 11.5 Å². The summed E-state index contributed by atoms with van der Waals surface area (Å²) in [5.74, 6) is 0.290. The molecule has 4 aromatic rings. The quantitative estimate of drug-likeness (QED) is 0.507. The highest BCUT2D eigenvalue weighted by Gasteiger charge is 2.33. The molecule has 0 saturated carbocycles. The van der Waals surface area contributed by atoms with E-state index in [0.717, 1.165) is 16.8 Å². The van der Waals surface area contributed by atoms with Crippen molar-refractivity contribution < 1.29 is 4.79 Å². The van der Waals surface area contributed by atoms with Gasteiger partial charge in [0.05, 0.1) is 11.3 Å². The Labute approximate surface area is 163 Å². The standard InChI is InChI=1S/C21H14N4O2S/c1-2-12-24-15-11-7-6-10-14(15)16(19(24)26)17-20(27)25-21(28-17)22-18(23-25)13-8-4-3-5-9-13/h2-11H,1,12H2. The number of anilines is 1. The average molecular weight is 386 g/mol. The van der Waals surface area contributed by atoms with E-state index in [0.29, 0.717) is 27.4 Å². The van der Waals surface area contributed by atoms with E-state index < -0.39 is 0 Å². The second-order valence-corrected chi connectivity index (χ2v) is 7.31. The third kappa shape index (κ3) is 2.33. The summed E-state index contributed by atoms with van der Waals surface area (Å²) in [5, 5.41) is 4.36. The Bertz CT molecular complexity index is 1350.